The molecule has 2 aromatic carbocycles. The van der Waals surface area contributed by atoms with Crippen molar-refractivity contribution in [2.45, 2.75) is 239 Å². The molecule has 1 aliphatic rings. The fourth-order valence-electron chi connectivity index (χ4n) is 12.8. The van der Waals surface area contributed by atoms with Gasteiger partial charge in [0.15, 0.2) is 30.2 Å². The number of nitrogens with one attached hydrogen (secondary N) is 6. The number of thiazole rings is 1. The molecule has 4 rings (SSSR count). The maximum absolute atomic E-state index is 14.8. The second-order valence-corrected chi connectivity index (χ2v) is 34.1. The Hall–Kier alpha value is -10.6. The Balaban J connectivity index is 0.000000653. The van der Waals surface area contributed by atoms with Crippen molar-refractivity contribution in [3.8, 4) is 5.75 Å². The average molecular weight is 1790 g/mol. The number of hydrogen-bond donors (Lipinski definition) is 13. The standard InChI is InChI=1S/C42H57N5O20S2.C41H62N4O8S/c1-22(2)32(50)20-43-42(66)67-14-15-68-69-21-25(37(57)58)18-31(49)30(16-23-6-4-3-5-7-23)45-36(56)24(19-35(54)55)17-26(48)8-9-27(38(59)60)44-33(51)12-10-28(39(61)62)46-41(65)47-29(40(63)64)11-13-34(52)53;1-9-14-38(49)52-25-45(41(51)32(27(6)10-2)22-36(48)34-15-12-13-20-44(34)8)35(26(4)5)23-37(53-28(7)46)40-43-33(24-54-40)39(50)42-30(11-3)21-29-16-18-31(47)19-17-29/h3-7,22,24-25,27-30H,8-21H2,1-2H3,(H,43,66)(H,44,51)(H,45,56)(H,52,53)(H,54,55)(H,57,58)(H,59,60)(H,61,62)(H,63,64)(H2,46,47,65);16-19,24,26-27,30,32,34-35,37,47H,9-15,20-23,25H2,1-8H3,(H,42,50)/t24-,25+,27-,28-,29-,30+;27?,30-,32+,34-,35-,37-/m01/s1. The van der Waals surface area contributed by atoms with Crippen LogP contribution in [-0.2, 0) is 99.0 Å². The monoisotopic (exact) mass is 1790 g/mol. The molecule has 1 unspecified atom stereocenters. The van der Waals surface area contributed by atoms with Gasteiger partial charge in [-0.3, -0.25) is 67.2 Å². The average Bonchev–Trinajstić information content (AvgIpc) is 1.80. The molecule has 1 aliphatic heterocycles. The number of esters is 2. The Morgan fingerprint density at radius 1 is 0.634 bits per heavy atom. The maximum atomic E-state index is 14.8. The predicted molar refractivity (Wildman–Crippen MR) is 450 cm³/mol. The Kier molecular flexibility index (Phi) is 48.7. The first kappa shape index (κ1) is 107. The van der Waals surface area contributed by atoms with Crippen LogP contribution in [0, 0.1) is 35.5 Å². The number of ketones is 4. The molecule has 1 saturated heterocycles. The lowest BCUT2D eigenvalue weighted by Crippen LogP contribution is -2.51. The fourth-order valence-corrected chi connectivity index (χ4v) is 15.8. The molecule has 0 aliphatic carbocycles. The molecule has 1 fully saturated rings. The fraction of sp³-hybridized carbons (Fsp3) is 0.602. The van der Waals surface area contributed by atoms with E-state index in [9.17, 15) is 117 Å². The van der Waals surface area contributed by atoms with Gasteiger partial charge < -0.3 is 86.8 Å². The van der Waals surface area contributed by atoms with Crippen molar-refractivity contribution in [3.63, 3.8) is 0 Å². The summed E-state index contributed by atoms with van der Waals surface area (Å²) in [4.78, 5) is 234. The van der Waals surface area contributed by atoms with Crippen molar-refractivity contribution in [3.05, 3.63) is 81.8 Å². The number of hydrogen-bond acceptors (Lipinski definition) is 27. The van der Waals surface area contributed by atoms with Crippen LogP contribution in [0.25, 0.3) is 0 Å². The number of urea groups is 1. The quantitative estimate of drug-likeness (QED) is 0.00842. The minimum atomic E-state index is -1.80. The van der Waals surface area contributed by atoms with Crippen LogP contribution >= 0.6 is 32.9 Å². The number of phenols is 1. The van der Waals surface area contributed by atoms with Gasteiger partial charge in [-0.1, -0.05) is 132 Å². The predicted octanol–water partition coefficient (Wildman–Crippen LogP) is 7.81. The number of Topliss-reactive ketones (excluding diaryl/α,β-unsaturated/α-hetero) is 4. The van der Waals surface area contributed by atoms with Crippen molar-refractivity contribution in [1.82, 2.24) is 46.7 Å². The zero-order valence-electron chi connectivity index (χ0n) is 71.0. The molecule has 40 heteroatoms. The first-order valence-electron chi connectivity index (χ1n) is 40.8. The Morgan fingerprint density at radius 3 is 1.81 bits per heavy atom. The van der Waals surface area contributed by atoms with Gasteiger partial charge in [0.2, 0.25) is 17.7 Å². The minimum absolute atomic E-state index is 0.0413. The van der Waals surface area contributed by atoms with Gasteiger partial charge in [-0.2, -0.15) is 0 Å². The molecule has 2 heterocycles. The van der Waals surface area contributed by atoms with Crippen LogP contribution in [0.15, 0.2) is 60.0 Å². The highest BCUT2D eigenvalue weighted by Crippen LogP contribution is 2.35. The molecule has 0 saturated carbocycles. The summed E-state index contributed by atoms with van der Waals surface area (Å²) in [7, 11) is 4.19. The largest absolute Gasteiger partial charge is 0.508 e. The number of rotatable bonds is 57. The van der Waals surface area contributed by atoms with E-state index in [4.69, 9.17) is 19.3 Å². The first-order valence-corrected chi connectivity index (χ1v) is 44.1. The van der Waals surface area contributed by atoms with E-state index in [0.717, 1.165) is 53.0 Å². The number of aromatic hydroxyl groups is 1. The van der Waals surface area contributed by atoms with Crippen LogP contribution < -0.4 is 31.9 Å². The number of phenolic OH excluding ortho intramolecular Hbond substituents is 1. The van der Waals surface area contributed by atoms with Gasteiger partial charge >= 0.3 is 59.9 Å². The summed E-state index contributed by atoms with van der Waals surface area (Å²) in [6.07, 6.45) is -2.12. The topological polar surface area (TPSA) is 568 Å². The summed E-state index contributed by atoms with van der Waals surface area (Å²) >= 11 is 1.19. The van der Waals surface area contributed by atoms with Gasteiger partial charge in [-0.05, 0) is 106 Å². The van der Waals surface area contributed by atoms with E-state index in [-0.39, 0.29) is 122 Å². The molecule has 13 N–H and O–H groups in total. The maximum Gasteiger partial charge on any atom is 0.407 e. The molecule has 0 radical (unpaired) electrons. The van der Waals surface area contributed by atoms with Crippen LogP contribution in [0.3, 0.4) is 0 Å². The van der Waals surface area contributed by atoms with Gasteiger partial charge in [0.1, 0.15) is 47.0 Å². The normalized spacial score (nSPS) is 15.2. The first-order chi connectivity index (χ1) is 58.1. The Bertz CT molecular complexity index is 4040. The number of nitrogens with zero attached hydrogens (tertiary/aromatic N) is 3. The zero-order chi connectivity index (χ0) is 92.2. The van der Waals surface area contributed by atoms with Gasteiger partial charge in [-0.15, -0.1) is 11.3 Å². The molecule has 3 aromatic rings. The number of amides is 7. The van der Waals surface area contributed by atoms with Crippen LogP contribution in [0.4, 0.5) is 9.59 Å². The lowest BCUT2D eigenvalue weighted by Gasteiger charge is -2.39. The molecular formula is C83H119N9O28S3. The highest BCUT2D eigenvalue weighted by atomic mass is 33.1. The minimum Gasteiger partial charge on any atom is -0.508 e. The number of aromatic nitrogens is 1. The van der Waals surface area contributed by atoms with E-state index in [0.29, 0.717) is 36.3 Å². The highest BCUT2D eigenvalue weighted by Gasteiger charge is 2.41. The number of carbonyl (C=O) groups excluding carboxylic acids is 12. The number of ether oxygens (including phenoxy) is 3. The third-order valence-corrected chi connectivity index (χ3v) is 23.6. The number of piperidine rings is 1. The number of carboxylic acids is 6. The van der Waals surface area contributed by atoms with Gasteiger partial charge in [0.05, 0.1) is 36.9 Å². The summed E-state index contributed by atoms with van der Waals surface area (Å²) in [5, 5.41) is 82.1. The van der Waals surface area contributed by atoms with Crippen LogP contribution in [0.5, 0.6) is 5.75 Å². The third-order valence-electron chi connectivity index (χ3n) is 20.2. The highest BCUT2D eigenvalue weighted by molar-refractivity contribution is 8.76. The number of likely N-dealkylation sites (tertiary alicyclic amines) is 1. The summed E-state index contributed by atoms with van der Waals surface area (Å²) in [6.45, 7) is 16.6. The van der Waals surface area contributed by atoms with Crippen molar-refractivity contribution in [2.24, 2.45) is 35.5 Å². The second kappa shape index (κ2) is 56.2. The molecule has 7 amide bonds. The molecule has 682 valence electrons. The molecule has 1 aromatic heterocycles. The Morgan fingerprint density at radius 2 is 1.25 bits per heavy atom. The smallest absolute Gasteiger partial charge is 0.407 e. The summed E-state index contributed by atoms with van der Waals surface area (Å²) in [5.41, 5.74) is 1.69. The number of alkyl carbamates (subject to hydrolysis) is 1. The van der Waals surface area contributed by atoms with E-state index in [2.05, 4.69) is 31.2 Å². The molecule has 12 atom stereocenters. The van der Waals surface area contributed by atoms with Crippen molar-refractivity contribution in [1.29, 1.82) is 0 Å². The molecule has 0 spiro atoms. The number of likely N-dealkylation sites (N-methyl/N-ethyl adjacent to an activating group) is 1. The van der Waals surface area contributed by atoms with Gasteiger partial charge in [0.25, 0.3) is 5.91 Å². The van der Waals surface area contributed by atoms with Crippen LogP contribution in [0.2, 0.25) is 0 Å². The number of carbonyl (C=O) groups is 18. The Labute approximate surface area is 725 Å². The third kappa shape index (κ3) is 41.0. The zero-order valence-corrected chi connectivity index (χ0v) is 73.5. The molecule has 0 bridgehead atoms. The van der Waals surface area contributed by atoms with Crippen molar-refractivity contribution in [2.75, 3.05) is 45.0 Å². The van der Waals surface area contributed by atoms with Crippen molar-refractivity contribution >= 4 is 140 Å². The van der Waals surface area contributed by atoms with E-state index < -0.39 is 195 Å². The summed E-state index contributed by atoms with van der Waals surface area (Å²) in [5.74, 6) is -18.3. The molecular weight excluding hydrogens is 1670 g/mol. The van der Waals surface area contributed by atoms with E-state index >= 15 is 0 Å². The van der Waals surface area contributed by atoms with Crippen LogP contribution in [-0.4, -0.2) is 244 Å². The lowest BCUT2D eigenvalue weighted by molar-refractivity contribution is -0.162. The second-order valence-electron chi connectivity index (χ2n) is 30.6. The van der Waals surface area contributed by atoms with E-state index in [1.807, 2.05) is 71.4 Å². The van der Waals surface area contributed by atoms with E-state index in [1.54, 1.807) is 66.6 Å². The number of carboxylic acid groups (broad SMARTS) is 6. The van der Waals surface area contributed by atoms with Gasteiger partial charge in [-0.25, -0.2) is 29.0 Å². The van der Waals surface area contributed by atoms with E-state index in [1.165, 1.54) is 18.3 Å². The summed E-state index contributed by atoms with van der Waals surface area (Å²) < 4.78 is 16.5. The molecule has 123 heavy (non-hydrogen) atoms. The van der Waals surface area contributed by atoms with Crippen molar-refractivity contribution < 1.29 is 136 Å². The summed E-state index contributed by atoms with van der Waals surface area (Å²) in [6, 6.07) is 6.13. The molecule has 37 nitrogen and oxygen atoms in total. The van der Waals surface area contributed by atoms with Crippen LogP contribution in [0.1, 0.15) is 211 Å². The SMILES string of the molecule is CC(C)C(=O)CNC(=O)OCCSSC[C@@H](CC(=O)[C@@H](Cc1ccccc1)NC(=O)[C@H](CC(=O)O)CC(=O)CC[C@H](NC(=O)CC[C@H](NC(=O)N[C@@H](CCC(=O)O)C(=O)O)C(=O)O)C(=O)O)C(=O)O.CCCC(=O)OCN(C(=O)[C@@H](CC(=O)[C@H]1CCCCN1C)C(C)CC)[C@H](C[C@@H](OC(C)=O)c1nc(C(=O)N[C@H](CC)Cc2ccc(O)cc2)cs1)C(C)C. The number of benzene rings is 2. The lowest BCUT2D eigenvalue weighted by atomic mass is 9.82. The van der Waals surface area contributed by atoms with Gasteiger partial charge in [0, 0.05) is 99.1 Å². The number of aliphatic carboxylic acids is 6.